The number of fused-ring (bicyclic) bond motifs is 3. The van der Waals surface area contributed by atoms with Crippen LogP contribution < -0.4 is 10.9 Å². The molecular formula is C21H19FN4O2S2. The summed E-state index contributed by atoms with van der Waals surface area (Å²) in [6, 6.07) is 9.43. The molecule has 0 aliphatic rings. The number of thiophene rings is 1. The lowest BCUT2D eigenvalue weighted by molar-refractivity contribution is -0.113. The number of carbonyl (C=O) groups excluding carboxylic acids is 1. The van der Waals surface area contributed by atoms with Gasteiger partial charge in [0.05, 0.1) is 11.3 Å². The van der Waals surface area contributed by atoms with Crippen LogP contribution in [0.3, 0.4) is 0 Å². The van der Waals surface area contributed by atoms with Crippen LogP contribution in [0.1, 0.15) is 13.8 Å². The van der Waals surface area contributed by atoms with Gasteiger partial charge in [0.15, 0.2) is 5.16 Å². The molecule has 0 bridgehead atoms. The average Bonchev–Trinajstić information content (AvgIpc) is 3.07. The Labute approximate surface area is 180 Å². The minimum Gasteiger partial charge on any atom is -0.325 e. The van der Waals surface area contributed by atoms with Gasteiger partial charge in [-0.2, -0.15) is 0 Å². The molecule has 6 nitrogen and oxygen atoms in total. The van der Waals surface area contributed by atoms with Gasteiger partial charge < -0.3 is 5.32 Å². The minimum absolute atomic E-state index is 0.0485. The maximum absolute atomic E-state index is 13.3. The summed E-state index contributed by atoms with van der Waals surface area (Å²) in [5.74, 6) is -0.438. The second-order valence-electron chi connectivity index (χ2n) is 7.19. The van der Waals surface area contributed by atoms with Gasteiger partial charge >= 0.3 is 0 Å². The minimum atomic E-state index is -0.420. The summed E-state index contributed by atoms with van der Waals surface area (Å²) in [5, 5.41) is 3.98. The van der Waals surface area contributed by atoms with Crippen LogP contribution in [0.25, 0.3) is 20.4 Å². The van der Waals surface area contributed by atoms with Gasteiger partial charge in [0, 0.05) is 23.8 Å². The first kappa shape index (κ1) is 20.5. The lowest BCUT2D eigenvalue weighted by Crippen LogP contribution is -2.25. The first-order valence-electron chi connectivity index (χ1n) is 9.38. The highest BCUT2D eigenvalue weighted by Crippen LogP contribution is 2.30. The van der Waals surface area contributed by atoms with E-state index in [0.717, 1.165) is 10.2 Å². The molecule has 1 N–H and O–H groups in total. The summed E-state index contributed by atoms with van der Waals surface area (Å²) in [4.78, 5) is 35.4. The molecule has 0 atom stereocenters. The van der Waals surface area contributed by atoms with Crippen LogP contribution in [0, 0.1) is 11.7 Å². The molecular weight excluding hydrogens is 423 g/mol. The largest absolute Gasteiger partial charge is 0.325 e. The number of rotatable bonds is 6. The Kier molecular flexibility index (Phi) is 5.83. The van der Waals surface area contributed by atoms with Crippen molar-refractivity contribution in [1.29, 1.82) is 0 Å². The Bertz CT molecular complexity index is 1300. The van der Waals surface area contributed by atoms with Crippen LogP contribution in [0.4, 0.5) is 10.1 Å². The number of thioether (sulfide) groups is 1. The molecule has 30 heavy (non-hydrogen) atoms. The fraction of sp³-hybridized carbons (Fsp3) is 0.238. The Balaban J connectivity index is 1.66. The van der Waals surface area contributed by atoms with Crippen molar-refractivity contribution in [2.24, 2.45) is 5.92 Å². The van der Waals surface area contributed by atoms with Gasteiger partial charge in [-0.05, 0) is 36.2 Å². The SMILES string of the molecule is CC(C)Cn1c(SCC(=O)Nc2cccc(F)c2)nc2c(sc3ncccc32)c1=O. The van der Waals surface area contributed by atoms with E-state index in [1.807, 2.05) is 26.0 Å². The van der Waals surface area contributed by atoms with Crippen molar-refractivity contribution < 1.29 is 9.18 Å². The van der Waals surface area contributed by atoms with Crippen molar-refractivity contribution in [3.63, 3.8) is 0 Å². The first-order chi connectivity index (χ1) is 14.4. The molecule has 1 amide bonds. The molecule has 0 saturated heterocycles. The molecule has 1 aromatic carbocycles. The molecule has 4 aromatic rings. The number of hydrogen-bond donors (Lipinski definition) is 1. The Morgan fingerprint density at radius 1 is 1.30 bits per heavy atom. The summed E-state index contributed by atoms with van der Waals surface area (Å²) in [6.07, 6.45) is 1.69. The van der Waals surface area contributed by atoms with Crippen molar-refractivity contribution in [2.75, 3.05) is 11.1 Å². The van der Waals surface area contributed by atoms with E-state index < -0.39 is 5.82 Å². The van der Waals surface area contributed by atoms with Gasteiger partial charge in [0.2, 0.25) is 5.91 Å². The Morgan fingerprint density at radius 2 is 2.13 bits per heavy atom. The topological polar surface area (TPSA) is 76.9 Å². The smallest absolute Gasteiger partial charge is 0.272 e. The predicted octanol–water partition coefficient (Wildman–Crippen LogP) is 4.53. The summed E-state index contributed by atoms with van der Waals surface area (Å²) in [7, 11) is 0. The summed E-state index contributed by atoms with van der Waals surface area (Å²) in [6.45, 7) is 4.54. The molecule has 3 heterocycles. The van der Waals surface area contributed by atoms with E-state index in [-0.39, 0.29) is 23.1 Å². The first-order valence-corrected chi connectivity index (χ1v) is 11.2. The van der Waals surface area contributed by atoms with Gasteiger partial charge in [-0.1, -0.05) is 31.7 Å². The highest BCUT2D eigenvalue weighted by Gasteiger charge is 2.18. The van der Waals surface area contributed by atoms with E-state index in [0.29, 0.717) is 27.6 Å². The molecule has 0 saturated carbocycles. The number of aromatic nitrogens is 3. The zero-order valence-electron chi connectivity index (χ0n) is 16.4. The number of hydrogen-bond acceptors (Lipinski definition) is 6. The average molecular weight is 443 g/mol. The monoisotopic (exact) mass is 442 g/mol. The maximum atomic E-state index is 13.3. The zero-order valence-corrected chi connectivity index (χ0v) is 18.0. The van der Waals surface area contributed by atoms with Crippen molar-refractivity contribution >= 4 is 55.1 Å². The highest BCUT2D eigenvalue weighted by atomic mass is 32.2. The number of nitrogens with zero attached hydrogens (tertiary/aromatic N) is 3. The normalized spacial score (nSPS) is 11.5. The summed E-state index contributed by atoms with van der Waals surface area (Å²) < 4.78 is 15.5. The second-order valence-corrected chi connectivity index (χ2v) is 9.13. The number of halogens is 1. The number of benzene rings is 1. The van der Waals surface area contributed by atoms with Crippen LogP contribution in [-0.4, -0.2) is 26.2 Å². The number of carbonyl (C=O) groups is 1. The van der Waals surface area contributed by atoms with Crippen LogP contribution in [0.2, 0.25) is 0 Å². The van der Waals surface area contributed by atoms with Gasteiger partial charge in [-0.3, -0.25) is 14.2 Å². The van der Waals surface area contributed by atoms with Crippen LogP contribution >= 0.6 is 23.1 Å². The fourth-order valence-corrected chi connectivity index (χ4v) is 4.90. The van der Waals surface area contributed by atoms with Crippen LogP contribution in [0.15, 0.2) is 52.5 Å². The lowest BCUT2D eigenvalue weighted by atomic mass is 10.2. The van der Waals surface area contributed by atoms with Crippen molar-refractivity contribution in [2.45, 2.75) is 25.5 Å². The van der Waals surface area contributed by atoms with E-state index in [2.05, 4.69) is 10.3 Å². The molecule has 4 rings (SSSR count). The number of nitrogens with one attached hydrogen (secondary N) is 1. The van der Waals surface area contributed by atoms with E-state index in [4.69, 9.17) is 4.98 Å². The van der Waals surface area contributed by atoms with Crippen molar-refractivity contribution in [3.05, 3.63) is 58.8 Å². The maximum Gasteiger partial charge on any atom is 0.272 e. The molecule has 9 heteroatoms. The molecule has 0 spiro atoms. The third-order valence-electron chi connectivity index (χ3n) is 4.31. The number of anilines is 1. The number of amides is 1. The molecule has 0 unspecified atom stereocenters. The zero-order chi connectivity index (χ0) is 21.3. The molecule has 0 aliphatic heterocycles. The molecule has 0 fully saturated rings. The third-order valence-corrected chi connectivity index (χ3v) is 6.37. The van der Waals surface area contributed by atoms with E-state index in [9.17, 15) is 14.0 Å². The molecule has 0 aliphatic carbocycles. The quantitative estimate of drug-likeness (QED) is 0.351. The third kappa shape index (κ3) is 4.22. The lowest BCUT2D eigenvalue weighted by Gasteiger charge is -2.14. The van der Waals surface area contributed by atoms with Gasteiger partial charge in [-0.15, -0.1) is 11.3 Å². The van der Waals surface area contributed by atoms with Gasteiger partial charge in [0.25, 0.3) is 5.56 Å². The molecule has 0 radical (unpaired) electrons. The molecule has 154 valence electrons. The van der Waals surface area contributed by atoms with E-state index in [1.54, 1.807) is 16.8 Å². The molecule has 3 aromatic heterocycles. The van der Waals surface area contributed by atoms with Crippen molar-refractivity contribution in [1.82, 2.24) is 14.5 Å². The Hall–Kier alpha value is -2.78. The highest BCUT2D eigenvalue weighted by molar-refractivity contribution is 7.99. The predicted molar refractivity (Wildman–Crippen MR) is 120 cm³/mol. The van der Waals surface area contributed by atoms with E-state index >= 15 is 0 Å². The number of pyridine rings is 1. The summed E-state index contributed by atoms with van der Waals surface area (Å²) in [5.41, 5.74) is 0.879. The second kappa shape index (κ2) is 8.53. The van der Waals surface area contributed by atoms with Crippen LogP contribution in [0.5, 0.6) is 0 Å². The van der Waals surface area contributed by atoms with Crippen LogP contribution in [-0.2, 0) is 11.3 Å². The van der Waals surface area contributed by atoms with Gasteiger partial charge in [0.1, 0.15) is 15.3 Å². The summed E-state index contributed by atoms with van der Waals surface area (Å²) >= 11 is 2.53. The van der Waals surface area contributed by atoms with E-state index in [1.165, 1.54) is 41.3 Å². The standard InChI is InChI=1S/C21H19FN4O2S2/c1-12(2)10-26-20(28)18-17(15-7-4-8-23-19(15)30-18)25-21(26)29-11-16(27)24-14-6-3-5-13(22)9-14/h3-9,12H,10-11H2,1-2H3,(H,24,27). The van der Waals surface area contributed by atoms with Gasteiger partial charge in [-0.25, -0.2) is 14.4 Å². The van der Waals surface area contributed by atoms with Crippen molar-refractivity contribution in [3.8, 4) is 0 Å². The fourth-order valence-electron chi connectivity index (χ4n) is 3.07. The Morgan fingerprint density at radius 3 is 2.90 bits per heavy atom.